The van der Waals surface area contributed by atoms with E-state index >= 15 is 0 Å². The molecule has 13 heteroatoms. The number of phenolic OH excluding ortho intramolecular Hbond substituents is 1. The summed E-state index contributed by atoms with van der Waals surface area (Å²) in [4.78, 5) is 85.3. The van der Waals surface area contributed by atoms with Crippen molar-refractivity contribution in [2.75, 3.05) is 6.54 Å². The van der Waals surface area contributed by atoms with Crippen LogP contribution in [0.5, 0.6) is 5.75 Å². The van der Waals surface area contributed by atoms with Crippen molar-refractivity contribution in [3.05, 3.63) is 29.8 Å². The van der Waals surface area contributed by atoms with E-state index < -0.39 is 71.7 Å². The van der Waals surface area contributed by atoms with Crippen LogP contribution in [0.15, 0.2) is 24.3 Å². The van der Waals surface area contributed by atoms with E-state index in [1.807, 2.05) is 55.4 Å². The van der Waals surface area contributed by atoms with Crippen molar-refractivity contribution in [3.63, 3.8) is 0 Å². The minimum absolute atomic E-state index is 0.000719. The summed E-state index contributed by atoms with van der Waals surface area (Å²) in [5.41, 5.74) is 0.656. The average molecular weight is 713 g/mol. The molecule has 2 saturated heterocycles. The zero-order valence-corrected chi connectivity index (χ0v) is 31.6. The van der Waals surface area contributed by atoms with Gasteiger partial charge in [0.2, 0.25) is 35.4 Å². The number of rotatable bonds is 10. The molecule has 2 aliphatic rings. The molecular weight excluding hydrogens is 652 g/mol. The van der Waals surface area contributed by atoms with Crippen LogP contribution in [-0.4, -0.2) is 88.2 Å². The van der Waals surface area contributed by atoms with E-state index in [9.17, 15) is 33.9 Å². The van der Waals surface area contributed by atoms with Crippen molar-refractivity contribution in [3.8, 4) is 5.75 Å². The molecule has 6 amide bonds. The SMILES string of the molecule is CC(C)C[C@@H]1NC(=O)[C@H](Cc2ccc(O)cc2)NC(=O)[C@H]2CCCN2C(=O)[C@@H](CC(C)C)NC(=O)[C@H](CC(C)C)NC(=O)[C@@H](CC(C)C)NC1=O. The maximum Gasteiger partial charge on any atom is 0.245 e. The standard InChI is InChI=1S/C38H60N6O7/c1-21(2)16-27-33(46)40-29(18-23(5)6)35(48)43-31(19-24(7)8)38(51)44-15-9-10-32(44)37(50)42-30(20-25-11-13-26(45)14-12-25)36(49)41-28(17-22(3)4)34(47)39-27/h11-14,21-24,27-32,45H,9-10,15-20H2,1-8H3,(H,39,47)(H,40,46)(H,41,49)(H,42,50)(H,43,48)/t27-,28+,29+,30+,31-,32-/m1/s1. The molecule has 51 heavy (non-hydrogen) atoms. The number of hydrogen-bond donors (Lipinski definition) is 6. The molecule has 1 aromatic rings. The van der Waals surface area contributed by atoms with E-state index in [0.29, 0.717) is 37.8 Å². The van der Waals surface area contributed by atoms with Gasteiger partial charge >= 0.3 is 0 Å². The lowest BCUT2D eigenvalue weighted by atomic mass is 9.97. The Hall–Kier alpha value is -4.16. The Bertz CT molecular complexity index is 1380. The molecule has 0 unspecified atom stereocenters. The summed E-state index contributed by atoms with van der Waals surface area (Å²) in [5.74, 6) is -3.03. The Morgan fingerprint density at radius 1 is 0.569 bits per heavy atom. The first kappa shape index (κ1) is 41.3. The smallest absolute Gasteiger partial charge is 0.245 e. The fourth-order valence-corrected chi connectivity index (χ4v) is 6.74. The molecule has 0 aliphatic carbocycles. The lowest BCUT2D eigenvalue weighted by molar-refractivity contribution is -0.143. The van der Waals surface area contributed by atoms with Crippen molar-refractivity contribution in [2.45, 2.75) is 137 Å². The van der Waals surface area contributed by atoms with Crippen LogP contribution in [0.3, 0.4) is 0 Å². The second kappa shape index (κ2) is 18.9. The molecule has 0 radical (unpaired) electrons. The van der Waals surface area contributed by atoms with Gasteiger partial charge in [-0.2, -0.15) is 0 Å². The van der Waals surface area contributed by atoms with Gasteiger partial charge in [-0.05, 0) is 79.9 Å². The van der Waals surface area contributed by atoms with Crippen LogP contribution in [-0.2, 0) is 35.2 Å². The van der Waals surface area contributed by atoms with Crippen LogP contribution in [0.1, 0.15) is 99.5 Å². The zero-order chi connectivity index (χ0) is 38.0. The predicted molar refractivity (Wildman–Crippen MR) is 194 cm³/mol. The number of phenols is 1. The quantitative estimate of drug-likeness (QED) is 0.215. The first-order valence-corrected chi connectivity index (χ1v) is 18.5. The number of amides is 6. The lowest BCUT2D eigenvalue weighted by Gasteiger charge is -2.32. The molecular formula is C38H60N6O7. The van der Waals surface area contributed by atoms with Crippen LogP contribution in [0.25, 0.3) is 0 Å². The van der Waals surface area contributed by atoms with Gasteiger partial charge in [-0.3, -0.25) is 28.8 Å². The van der Waals surface area contributed by atoms with E-state index in [1.165, 1.54) is 17.0 Å². The van der Waals surface area contributed by atoms with Gasteiger partial charge in [-0.15, -0.1) is 0 Å². The number of carbonyl (C=O) groups excluding carboxylic acids is 6. The largest absolute Gasteiger partial charge is 0.508 e. The zero-order valence-electron chi connectivity index (χ0n) is 31.6. The Balaban J connectivity index is 2.11. The van der Waals surface area contributed by atoms with E-state index in [2.05, 4.69) is 26.6 Å². The normalized spacial score (nSPS) is 26.0. The van der Waals surface area contributed by atoms with Gasteiger partial charge in [-0.1, -0.05) is 67.5 Å². The summed E-state index contributed by atoms with van der Waals surface area (Å²) >= 11 is 0. The van der Waals surface area contributed by atoms with Gasteiger partial charge in [0.25, 0.3) is 0 Å². The van der Waals surface area contributed by atoms with E-state index in [4.69, 9.17) is 0 Å². The maximum atomic E-state index is 14.2. The van der Waals surface area contributed by atoms with Gasteiger partial charge in [0.05, 0.1) is 0 Å². The molecule has 6 N–H and O–H groups in total. The van der Waals surface area contributed by atoms with Crippen molar-refractivity contribution >= 4 is 35.4 Å². The molecule has 0 saturated carbocycles. The summed E-state index contributed by atoms with van der Waals surface area (Å²) < 4.78 is 0. The van der Waals surface area contributed by atoms with E-state index in [-0.39, 0.29) is 48.7 Å². The minimum Gasteiger partial charge on any atom is -0.508 e. The Morgan fingerprint density at radius 2 is 0.941 bits per heavy atom. The summed E-state index contributed by atoms with van der Waals surface area (Å²) in [6.45, 7) is 15.7. The Kier molecular flexibility index (Phi) is 15.3. The molecule has 0 aromatic heterocycles. The first-order valence-electron chi connectivity index (χ1n) is 18.5. The van der Waals surface area contributed by atoms with Gasteiger partial charge in [0, 0.05) is 13.0 Å². The second-order valence-electron chi connectivity index (χ2n) is 15.9. The molecule has 0 spiro atoms. The third-order valence-electron chi connectivity index (χ3n) is 9.19. The van der Waals surface area contributed by atoms with E-state index in [1.54, 1.807) is 12.1 Å². The molecule has 284 valence electrons. The predicted octanol–water partition coefficient (Wildman–Crippen LogP) is 2.55. The minimum atomic E-state index is -1.13. The maximum absolute atomic E-state index is 14.2. The fourth-order valence-electron chi connectivity index (χ4n) is 6.74. The van der Waals surface area contributed by atoms with Gasteiger partial charge in [-0.25, -0.2) is 0 Å². The number of aromatic hydroxyl groups is 1. The van der Waals surface area contributed by atoms with Gasteiger partial charge < -0.3 is 36.6 Å². The molecule has 2 heterocycles. The van der Waals surface area contributed by atoms with Crippen LogP contribution >= 0.6 is 0 Å². The van der Waals surface area contributed by atoms with Crippen molar-refractivity contribution < 1.29 is 33.9 Å². The summed E-state index contributed by atoms with van der Waals surface area (Å²) in [5, 5.41) is 24.1. The highest BCUT2D eigenvalue weighted by molar-refractivity contribution is 5.98. The molecule has 2 aliphatic heterocycles. The number of nitrogens with zero attached hydrogens (tertiary/aromatic N) is 1. The van der Waals surface area contributed by atoms with Crippen molar-refractivity contribution in [1.82, 2.24) is 31.5 Å². The van der Waals surface area contributed by atoms with Crippen molar-refractivity contribution in [1.29, 1.82) is 0 Å². The molecule has 2 fully saturated rings. The highest BCUT2D eigenvalue weighted by atomic mass is 16.3. The second-order valence-corrected chi connectivity index (χ2v) is 15.9. The van der Waals surface area contributed by atoms with E-state index in [0.717, 1.165) is 0 Å². The Morgan fingerprint density at radius 3 is 1.37 bits per heavy atom. The molecule has 6 atom stereocenters. The highest BCUT2D eigenvalue weighted by Gasteiger charge is 2.41. The Labute approximate surface area is 302 Å². The van der Waals surface area contributed by atoms with Gasteiger partial charge in [0.15, 0.2) is 0 Å². The molecule has 1 aromatic carbocycles. The number of nitrogens with one attached hydrogen (secondary N) is 5. The van der Waals surface area contributed by atoms with Gasteiger partial charge in [0.1, 0.15) is 42.0 Å². The van der Waals surface area contributed by atoms with Crippen LogP contribution in [0.4, 0.5) is 0 Å². The summed E-state index contributed by atoms with van der Waals surface area (Å²) in [6, 6.07) is 0.287. The fraction of sp³-hybridized carbons (Fsp3) is 0.684. The number of benzene rings is 1. The topological polar surface area (TPSA) is 186 Å². The third-order valence-corrected chi connectivity index (χ3v) is 9.19. The molecule has 13 nitrogen and oxygen atoms in total. The van der Waals surface area contributed by atoms with Crippen molar-refractivity contribution in [2.24, 2.45) is 23.7 Å². The number of fused-ring (bicyclic) bond motifs is 1. The number of carbonyl (C=O) groups is 6. The highest BCUT2D eigenvalue weighted by Crippen LogP contribution is 2.22. The van der Waals surface area contributed by atoms with Crippen LogP contribution in [0.2, 0.25) is 0 Å². The molecule has 0 bridgehead atoms. The van der Waals surface area contributed by atoms with Crippen LogP contribution < -0.4 is 26.6 Å². The monoisotopic (exact) mass is 712 g/mol. The summed E-state index contributed by atoms with van der Waals surface area (Å²) in [7, 11) is 0. The lowest BCUT2D eigenvalue weighted by Crippen LogP contribution is -2.61. The van der Waals surface area contributed by atoms with Crippen LogP contribution in [0, 0.1) is 23.7 Å². The third kappa shape index (κ3) is 12.5. The molecule has 3 rings (SSSR count). The first-order chi connectivity index (χ1) is 23.9. The number of hydrogen-bond acceptors (Lipinski definition) is 7. The summed E-state index contributed by atoms with van der Waals surface area (Å²) in [6.07, 6.45) is 2.12. The average Bonchev–Trinajstić information content (AvgIpc) is 3.52.